The first kappa shape index (κ1) is 21.2. The van der Waals surface area contributed by atoms with E-state index in [0.717, 1.165) is 15.6 Å². The minimum absolute atomic E-state index is 0.0808. The van der Waals surface area contributed by atoms with E-state index in [9.17, 15) is 9.59 Å². The van der Waals surface area contributed by atoms with E-state index in [1.807, 2.05) is 77.9 Å². The summed E-state index contributed by atoms with van der Waals surface area (Å²) in [7, 11) is 0. The molecule has 2 aromatic rings. The lowest BCUT2D eigenvalue weighted by Crippen LogP contribution is -2.40. The van der Waals surface area contributed by atoms with E-state index in [4.69, 9.17) is 0 Å². The highest BCUT2D eigenvalue weighted by Gasteiger charge is 2.24. The van der Waals surface area contributed by atoms with Gasteiger partial charge >= 0.3 is 0 Å². The fourth-order valence-corrected chi connectivity index (χ4v) is 2.84. The van der Waals surface area contributed by atoms with Crippen molar-refractivity contribution in [1.82, 2.24) is 5.32 Å². The third-order valence-corrected chi connectivity index (χ3v) is 4.35. The van der Waals surface area contributed by atoms with E-state index < -0.39 is 5.41 Å². The molecule has 0 aliphatic carbocycles. The van der Waals surface area contributed by atoms with Crippen molar-refractivity contribution >= 4 is 33.4 Å². The highest BCUT2D eigenvalue weighted by molar-refractivity contribution is 9.10. The molecule has 0 saturated carbocycles. The van der Waals surface area contributed by atoms with Gasteiger partial charge in [0.05, 0.1) is 0 Å². The minimum atomic E-state index is -0.520. The normalized spacial score (nSPS) is 11.8. The number of anilines is 1. The molecule has 4 nitrogen and oxygen atoms in total. The molecule has 5 heteroatoms. The van der Waals surface area contributed by atoms with Gasteiger partial charge in [-0.25, -0.2) is 0 Å². The van der Waals surface area contributed by atoms with Gasteiger partial charge in [-0.15, -0.1) is 0 Å². The summed E-state index contributed by atoms with van der Waals surface area (Å²) in [5, 5.41) is 6.01. The van der Waals surface area contributed by atoms with Crippen LogP contribution in [0.15, 0.2) is 46.9 Å². The number of rotatable bonds is 3. The standard InChI is InChI=1S/C22H27BrN2O2/c1-21(2,3)20(27)24-18-12-11-14(23)13-17(18)15-9-7-8-10-16(15)19(26)25-22(4,5)6/h7-13H,1-6H3,(H,24,27)(H,25,26). The van der Waals surface area contributed by atoms with Crippen LogP contribution in [-0.2, 0) is 4.79 Å². The second kappa shape index (κ2) is 7.85. The molecule has 0 bridgehead atoms. The molecule has 2 rings (SSSR count). The molecule has 0 aliphatic rings. The Labute approximate surface area is 169 Å². The Balaban J connectivity index is 2.54. The minimum Gasteiger partial charge on any atom is -0.347 e. The van der Waals surface area contributed by atoms with Crippen molar-refractivity contribution in [3.05, 3.63) is 52.5 Å². The lowest BCUT2D eigenvalue weighted by Gasteiger charge is -2.23. The maximum atomic E-state index is 12.8. The molecule has 0 saturated heterocycles. The third-order valence-electron chi connectivity index (χ3n) is 3.86. The first-order valence-electron chi connectivity index (χ1n) is 8.91. The zero-order valence-electron chi connectivity index (χ0n) is 16.7. The number of hydrogen-bond donors (Lipinski definition) is 2. The summed E-state index contributed by atoms with van der Waals surface area (Å²) in [6.45, 7) is 11.4. The summed E-state index contributed by atoms with van der Waals surface area (Å²) in [4.78, 5) is 25.3. The molecule has 144 valence electrons. The zero-order chi connectivity index (χ0) is 20.4. The van der Waals surface area contributed by atoms with Gasteiger partial charge in [0, 0.05) is 32.2 Å². The lowest BCUT2D eigenvalue weighted by molar-refractivity contribution is -0.123. The van der Waals surface area contributed by atoms with Gasteiger partial charge < -0.3 is 10.6 Å². The smallest absolute Gasteiger partial charge is 0.252 e. The fourth-order valence-electron chi connectivity index (χ4n) is 2.48. The monoisotopic (exact) mass is 430 g/mol. The third kappa shape index (κ3) is 5.67. The molecule has 2 aromatic carbocycles. The summed E-state index contributed by atoms with van der Waals surface area (Å²) < 4.78 is 0.872. The zero-order valence-corrected chi connectivity index (χ0v) is 18.3. The van der Waals surface area contributed by atoms with Crippen molar-refractivity contribution in [3.63, 3.8) is 0 Å². The largest absolute Gasteiger partial charge is 0.347 e. The van der Waals surface area contributed by atoms with E-state index in [2.05, 4.69) is 26.6 Å². The van der Waals surface area contributed by atoms with Gasteiger partial charge in [0.25, 0.3) is 5.91 Å². The molecule has 0 fully saturated rings. The van der Waals surface area contributed by atoms with Gasteiger partial charge in [-0.2, -0.15) is 0 Å². The molecule has 0 aliphatic heterocycles. The van der Waals surface area contributed by atoms with Crippen molar-refractivity contribution in [1.29, 1.82) is 0 Å². The highest BCUT2D eigenvalue weighted by Crippen LogP contribution is 2.34. The van der Waals surface area contributed by atoms with Crippen LogP contribution in [0.25, 0.3) is 11.1 Å². The molecule has 2 N–H and O–H groups in total. The first-order chi connectivity index (χ1) is 12.4. The summed E-state index contributed by atoms with van der Waals surface area (Å²) in [5.41, 5.74) is 1.94. The van der Waals surface area contributed by atoms with Gasteiger partial charge in [-0.05, 0) is 50.6 Å². The van der Waals surface area contributed by atoms with Crippen molar-refractivity contribution in [2.24, 2.45) is 5.41 Å². The SMILES string of the molecule is CC(C)(C)NC(=O)c1ccccc1-c1cc(Br)ccc1NC(=O)C(C)(C)C. The van der Waals surface area contributed by atoms with Gasteiger partial charge in [-0.1, -0.05) is 54.9 Å². The summed E-state index contributed by atoms with van der Waals surface area (Å²) in [6.07, 6.45) is 0. The number of halogens is 1. The van der Waals surface area contributed by atoms with Crippen LogP contribution in [0, 0.1) is 5.41 Å². The Morgan fingerprint density at radius 1 is 0.889 bits per heavy atom. The number of nitrogens with one attached hydrogen (secondary N) is 2. The fraction of sp³-hybridized carbons (Fsp3) is 0.364. The number of carbonyl (C=O) groups is 2. The van der Waals surface area contributed by atoms with E-state index in [1.165, 1.54) is 0 Å². The van der Waals surface area contributed by atoms with Crippen LogP contribution in [0.3, 0.4) is 0 Å². The van der Waals surface area contributed by atoms with Gasteiger partial charge in [-0.3, -0.25) is 9.59 Å². The molecule has 0 aromatic heterocycles. The van der Waals surface area contributed by atoms with Crippen LogP contribution in [-0.4, -0.2) is 17.4 Å². The molecule has 0 atom stereocenters. The Kier molecular flexibility index (Phi) is 6.15. The van der Waals surface area contributed by atoms with E-state index >= 15 is 0 Å². The summed E-state index contributed by atoms with van der Waals surface area (Å²) in [5.74, 6) is -0.228. The highest BCUT2D eigenvalue weighted by atomic mass is 79.9. The van der Waals surface area contributed by atoms with Gasteiger partial charge in [0.1, 0.15) is 0 Å². The number of carbonyl (C=O) groups excluding carboxylic acids is 2. The van der Waals surface area contributed by atoms with Gasteiger partial charge in [0.2, 0.25) is 5.91 Å². The maximum absolute atomic E-state index is 12.8. The molecule has 0 spiro atoms. The number of hydrogen-bond acceptors (Lipinski definition) is 2. The van der Waals surface area contributed by atoms with E-state index in [-0.39, 0.29) is 17.4 Å². The predicted molar refractivity (Wildman–Crippen MR) is 115 cm³/mol. The Bertz CT molecular complexity index is 861. The second-order valence-corrected chi connectivity index (χ2v) is 9.56. The van der Waals surface area contributed by atoms with Crippen LogP contribution >= 0.6 is 15.9 Å². The number of amides is 2. The van der Waals surface area contributed by atoms with Crippen LogP contribution < -0.4 is 10.6 Å². The van der Waals surface area contributed by atoms with Crippen molar-refractivity contribution in [2.75, 3.05) is 5.32 Å². The molecule has 0 radical (unpaired) electrons. The average molecular weight is 431 g/mol. The Morgan fingerprint density at radius 2 is 1.52 bits per heavy atom. The molecule has 2 amide bonds. The summed E-state index contributed by atoms with van der Waals surface area (Å²) in [6, 6.07) is 13.1. The van der Waals surface area contributed by atoms with Crippen LogP contribution in [0.5, 0.6) is 0 Å². The lowest BCUT2D eigenvalue weighted by atomic mass is 9.94. The van der Waals surface area contributed by atoms with Crippen LogP contribution in [0.4, 0.5) is 5.69 Å². The quantitative estimate of drug-likeness (QED) is 0.662. The molecule has 0 unspecified atom stereocenters. The average Bonchev–Trinajstić information content (AvgIpc) is 2.54. The molecular formula is C22H27BrN2O2. The van der Waals surface area contributed by atoms with Crippen LogP contribution in [0.2, 0.25) is 0 Å². The maximum Gasteiger partial charge on any atom is 0.252 e. The molecular weight excluding hydrogens is 404 g/mol. The number of benzene rings is 2. The van der Waals surface area contributed by atoms with E-state index in [0.29, 0.717) is 11.3 Å². The van der Waals surface area contributed by atoms with Crippen LogP contribution in [0.1, 0.15) is 51.9 Å². The molecule has 27 heavy (non-hydrogen) atoms. The first-order valence-corrected chi connectivity index (χ1v) is 9.71. The topological polar surface area (TPSA) is 58.2 Å². The Hall–Kier alpha value is -2.14. The molecule has 0 heterocycles. The second-order valence-electron chi connectivity index (χ2n) is 8.64. The Morgan fingerprint density at radius 3 is 2.11 bits per heavy atom. The van der Waals surface area contributed by atoms with Gasteiger partial charge in [0.15, 0.2) is 0 Å². The van der Waals surface area contributed by atoms with Crippen molar-refractivity contribution in [3.8, 4) is 11.1 Å². The van der Waals surface area contributed by atoms with E-state index in [1.54, 1.807) is 6.07 Å². The van der Waals surface area contributed by atoms with Crippen molar-refractivity contribution in [2.45, 2.75) is 47.1 Å². The summed E-state index contributed by atoms with van der Waals surface area (Å²) >= 11 is 3.50. The van der Waals surface area contributed by atoms with Crippen molar-refractivity contribution < 1.29 is 9.59 Å². The predicted octanol–water partition coefficient (Wildman–Crippen LogP) is 5.63.